The first-order valence-corrected chi connectivity index (χ1v) is 10.4. The third kappa shape index (κ3) is 6.15. The summed E-state index contributed by atoms with van der Waals surface area (Å²) in [5.41, 5.74) is 3.13. The van der Waals surface area contributed by atoms with Crippen molar-refractivity contribution in [3.8, 4) is 5.75 Å². The average Bonchev–Trinajstić information content (AvgIpc) is 2.74. The van der Waals surface area contributed by atoms with Gasteiger partial charge in [-0.05, 0) is 83.8 Å². The van der Waals surface area contributed by atoms with Gasteiger partial charge < -0.3 is 9.47 Å². The zero-order chi connectivity index (χ0) is 20.6. The minimum absolute atomic E-state index is 0.310. The predicted octanol–water partition coefficient (Wildman–Crippen LogP) is 5.61. The van der Waals surface area contributed by atoms with Crippen LogP contribution in [0.25, 0.3) is 0 Å². The number of esters is 2. The van der Waals surface area contributed by atoms with Crippen molar-refractivity contribution < 1.29 is 19.1 Å². The van der Waals surface area contributed by atoms with E-state index in [1.165, 1.54) is 11.6 Å². The number of aryl methyl sites for hydroxylation is 2. The Morgan fingerprint density at radius 1 is 0.862 bits per heavy atom. The highest BCUT2D eigenvalue weighted by Gasteiger charge is 2.13. The lowest BCUT2D eigenvalue weighted by molar-refractivity contribution is 0.0498. The van der Waals surface area contributed by atoms with Crippen molar-refractivity contribution in [2.75, 3.05) is 6.61 Å². The molecule has 0 unspecified atom stereocenters. The standard InChI is InChI=1S/C24H21IO4/c1-17-12-13-20(16-22(17)25)24(27)29-21-11-5-10-19(15-21)23(26)28-14-6-9-18-7-3-2-4-8-18/h2-5,7-8,10-13,15-16H,6,9,14H2,1H3. The van der Waals surface area contributed by atoms with Gasteiger partial charge in [0.05, 0.1) is 17.7 Å². The third-order valence-electron chi connectivity index (χ3n) is 4.37. The second kappa shape index (κ2) is 10.2. The van der Waals surface area contributed by atoms with E-state index in [-0.39, 0.29) is 0 Å². The molecule has 0 N–H and O–H groups in total. The van der Waals surface area contributed by atoms with E-state index in [1.54, 1.807) is 30.3 Å². The fraction of sp³-hybridized carbons (Fsp3) is 0.167. The van der Waals surface area contributed by atoms with Crippen molar-refractivity contribution >= 4 is 34.5 Å². The Labute approximate surface area is 184 Å². The van der Waals surface area contributed by atoms with Gasteiger partial charge in [0.25, 0.3) is 0 Å². The topological polar surface area (TPSA) is 52.6 Å². The molecule has 0 atom stereocenters. The molecular formula is C24H21IO4. The lowest BCUT2D eigenvalue weighted by Crippen LogP contribution is -2.10. The molecule has 3 aromatic carbocycles. The van der Waals surface area contributed by atoms with Crippen LogP contribution >= 0.6 is 22.6 Å². The third-order valence-corrected chi connectivity index (χ3v) is 5.54. The van der Waals surface area contributed by atoms with Crippen molar-refractivity contribution in [3.63, 3.8) is 0 Å². The van der Waals surface area contributed by atoms with Gasteiger partial charge in [0.15, 0.2) is 0 Å². The monoisotopic (exact) mass is 500 g/mol. The largest absolute Gasteiger partial charge is 0.462 e. The summed E-state index contributed by atoms with van der Waals surface area (Å²) < 4.78 is 11.8. The van der Waals surface area contributed by atoms with Gasteiger partial charge in [-0.15, -0.1) is 0 Å². The van der Waals surface area contributed by atoms with Crippen molar-refractivity contribution in [2.45, 2.75) is 19.8 Å². The fourth-order valence-corrected chi connectivity index (χ4v) is 3.26. The van der Waals surface area contributed by atoms with E-state index < -0.39 is 11.9 Å². The molecule has 148 valence electrons. The highest BCUT2D eigenvalue weighted by atomic mass is 127. The molecule has 0 spiro atoms. The number of ether oxygens (including phenoxy) is 2. The van der Waals surface area contributed by atoms with Crippen LogP contribution in [-0.4, -0.2) is 18.5 Å². The van der Waals surface area contributed by atoms with Crippen molar-refractivity contribution in [3.05, 3.63) is 98.6 Å². The molecule has 0 aliphatic heterocycles. The van der Waals surface area contributed by atoms with Gasteiger partial charge in [0, 0.05) is 3.57 Å². The van der Waals surface area contributed by atoms with Gasteiger partial charge in [-0.1, -0.05) is 42.5 Å². The second-order valence-corrected chi connectivity index (χ2v) is 7.77. The highest BCUT2D eigenvalue weighted by molar-refractivity contribution is 14.1. The minimum Gasteiger partial charge on any atom is -0.462 e. The number of rotatable bonds is 7. The number of hydrogen-bond donors (Lipinski definition) is 0. The Bertz CT molecular complexity index is 999. The van der Waals surface area contributed by atoms with Gasteiger partial charge >= 0.3 is 11.9 Å². The molecule has 0 saturated carbocycles. The maximum atomic E-state index is 12.4. The summed E-state index contributed by atoms with van der Waals surface area (Å²) in [4.78, 5) is 24.6. The maximum absolute atomic E-state index is 12.4. The van der Waals surface area contributed by atoms with Crippen LogP contribution in [0, 0.1) is 10.5 Å². The molecule has 0 saturated heterocycles. The first kappa shape index (κ1) is 21.0. The Kier molecular flexibility index (Phi) is 7.41. The van der Waals surface area contributed by atoms with E-state index in [0.29, 0.717) is 23.5 Å². The van der Waals surface area contributed by atoms with Gasteiger partial charge in [-0.25, -0.2) is 9.59 Å². The molecular weight excluding hydrogens is 479 g/mol. The first-order chi connectivity index (χ1) is 14.0. The summed E-state index contributed by atoms with van der Waals surface area (Å²) in [5, 5.41) is 0. The normalized spacial score (nSPS) is 10.4. The molecule has 5 heteroatoms. The smallest absolute Gasteiger partial charge is 0.343 e. The molecule has 0 bridgehead atoms. The van der Waals surface area contributed by atoms with Crippen LogP contribution in [0.5, 0.6) is 5.75 Å². The molecule has 0 radical (unpaired) electrons. The van der Waals surface area contributed by atoms with Gasteiger partial charge in [0.1, 0.15) is 5.75 Å². The summed E-state index contributed by atoms with van der Waals surface area (Å²) in [7, 11) is 0. The number of carbonyl (C=O) groups is 2. The highest BCUT2D eigenvalue weighted by Crippen LogP contribution is 2.18. The second-order valence-electron chi connectivity index (χ2n) is 6.61. The molecule has 3 rings (SSSR count). The van der Waals surface area contributed by atoms with Gasteiger partial charge in [-0.3, -0.25) is 0 Å². The van der Waals surface area contributed by atoms with E-state index >= 15 is 0 Å². The lowest BCUT2D eigenvalue weighted by Gasteiger charge is -2.08. The Morgan fingerprint density at radius 2 is 1.62 bits per heavy atom. The molecule has 29 heavy (non-hydrogen) atoms. The van der Waals surface area contributed by atoms with E-state index in [0.717, 1.165) is 22.0 Å². The zero-order valence-corrected chi connectivity index (χ0v) is 18.2. The van der Waals surface area contributed by atoms with Crippen molar-refractivity contribution in [1.29, 1.82) is 0 Å². The van der Waals surface area contributed by atoms with Crippen LogP contribution in [0.15, 0.2) is 72.8 Å². The molecule has 0 amide bonds. The van der Waals surface area contributed by atoms with Crippen LogP contribution in [0.3, 0.4) is 0 Å². The summed E-state index contributed by atoms with van der Waals surface area (Å²) in [5.74, 6) is -0.582. The number of carbonyl (C=O) groups excluding carboxylic acids is 2. The fourth-order valence-electron chi connectivity index (χ4n) is 2.74. The SMILES string of the molecule is Cc1ccc(C(=O)Oc2cccc(C(=O)OCCCc3ccccc3)c2)cc1I. The van der Waals surface area contributed by atoms with E-state index in [1.807, 2.05) is 31.2 Å². The quantitative estimate of drug-likeness (QED) is 0.183. The van der Waals surface area contributed by atoms with Crippen molar-refractivity contribution in [1.82, 2.24) is 0 Å². The van der Waals surface area contributed by atoms with Crippen LogP contribution < -0.4 is 4.74 Å². The zero-order valence-electron chi connectivity index (χ0n) is 16.1. The van der Waals surface area contributed by atoms with E-state index in [4.69, 9.17) is 9.47 Å². The maximum Gasteiger partial charge on any atom is 0.343 e. The molecule has 0 aliphatic carbocycles. The predicted molar refractivity (Wildman–Crippen MR) is 120 cm³/mol. The average molecular weight is 500 g/mol. The van der Waals surface area contributed by atoms with Crippen LogP contribution in [0.4, 0.5) is 0 Å². The van der Waals surface area contributed by atoms with Gasteiger partial charge in [-0.2, -0.15) is 0 Å². The summed E-state index contributed by atoms with van der Waals surface area (Å²) in [6.07, 6.45) is 1.59. The number of halogens is 1. The Balaban J connectivity index is 1.54. The summed E-state index contributed by atoms with van der Waals surface area (Å²) in [6, 6.07) is 21.9. The number of benzene rings is 3. The molecule has 0 fully saturated rings. The summed E-state index contributed by atoms with van der Waals surface area (Å²) >= 11 is 2.18. The van der Waals surface area contributed by atoms with Gasteiger partial charge in [0.2, 0.25) is 0 Å². The Morgan fingerprint density at radius 3 is 2.38 bits per heavy atom. The minimum atomic E-state index is -0.462. The van der Waals surface area contributed by atoms with Crippen LogP contribution in [-0.2, 0) is 11.2 Å². The molecule has 0 aliphatic rings. The molecule has 0 aromatic heterocycles. The van der Waals surface area contributed by atoms with E-state index in [2.05, 4.69) is 34.7 Å². The van der Waals surface area contributed by atoms with Crippen LogP contribution in [0.1, 0.15) is 38.3 Å². The van der Waals surface area contributed by atoms with Crippen LogP contribution in [0.2, 0.25) is 0 Å². The lowest BCUT2D eigenvalue weighted by atomic mass is 10.1. The Hall–Kier alpha value is -2.67. The molecule has 0 heterocycles. The molecule has 4 nitrogen and oxygen atoms in total. The van der Waals surface area contributed by atoms with E-state index in [9.17, 15) is 9.59 Å². The summed E-state index contributed by atoms with van der Waals surface area (Å²) in [6.45, 7) is 2.31. The number of hydrogen-bond acceptors (Lipinski definition) is 4. The molecule has 3 aromatic rings. The van der Waals surface area contributed by atoms with Crippen molar-refractivity contribution in [2.24, 2.45) is 0 Å². The first-order valence-electron chi connectivity index (χ1n) is 9.32.